The summed E-state index contributed by atoms with van der Waals surface area (Å²) in [6.45, 7) is 2.64. The molecule has 0 aliphatic carbocycles. The summed E-state index contributed by atoms with van der Waals surface area (Å²) in [5.41, 5.74) is 0. The van der Waals surface area contributed by atoms with Crippen LogP contribution in [0.5, 0.6) is 0 Å². The van der Waals surface area contributed by atoms with Crippen LogP contribution in [0.2, 0.25) is 0 Å². The number of alkyl halides is 9. The number of rotatable bonds is 3. The van der Waals surface area contributed by atoms with Gasteiger partial charge in [-0.1, -0.05) is 0 Å². The minimum Gasteiger partial charge on any atom is -0.869 e. The predicted octanol–water partition coefficient (Wildman–Crippen LogP) is 0.765. The second-order valence-electron chi connectivity index (χ2n) is 4.85. The Morgan fingerprint density at radius 2 is 0.645 bits per heavy atom. The Hall–Kier alpha value is -2.47. The summed E-state index contributed by atoms with van der Waals surface area (Å²) in [4.78, 5) is 29.8. The molecule has 0 atom stereocenters. The molecule has 0 heterocycles. The monoisotopic (exact) mass is 486 g/mol. The van der Waals surface area contributed by atoms with E-state index in [4.69, 9.17) is 0 Å². The van der Waals surface area contributed by atoms with Crippen molar-refractivity contribution in [3.05, 3.63) is 35.5 Å². The zero-order valence-electron chi connectivity index (χ0n) is 15.7. The maximum absolute atomic E-state index is 11.3. The van der Waals surface area contributed by atoms with E-state index in [1.165, 1.54) is 0 Å². The molecule has 0 unspecified atom stereocenters. The van der Waals surface area contributed by atoms with E-state index in [1.807, 2.05) is 0 Å². The molecule has 16 heteroatoms. The van der Waals surface area contributed by atoms with Crippen LogP contribution in [0, 0.1) is 0 Å². The maximum Gasteiger partial charge on any atom is 3.00 e. The molecule has 31 heavy (non-hydrogen) atoms. The average Bonchev–Trinajstić information content (AvgIpc) is 2.43. The van der Waals surface area contributed by atoms with E-state index < -0.39 is 53.2 Å². The van der Waals surface area contributed by atoms with E-state index in [2.05, 4.69) is 0 Å². The smallest absolute Gasteiger partial charge is 0.869 e. The first kappa shape index (κ1) is 35.9. The van der Waals surface area contributed by atoms with Gasteiger partial charge in [-0.05, 0) is 56.3 Å². The van der Waals surface area contributed by atoms with Crippen molar-refractivity contribution in [2.24, 2.45) is 0 Å². The summed E-state index contributed by atoms with van der Waals surface area (Å²) in [5, 5.41) is 29.6. The van der Waals surface area contributed by atoms with Gasteiger partial charge in [0, 0.05) is 0 Å². The van der Waals surface area contributed by atoms with E-state index in [0.29, 0.717) is 0 Å². The van der Waals surface area contributed by atoms with Gasteiger partial charge >= 0.3 is 35.9 Å². The third-order valence-corrected chi connectivity index (χ3v) is 1.84. The van der Waals surface area contributed by atoms with Crippen molar-refractivity contribution < 1.29 is 69.2 Å². The molecule has 0 N–H and O–H groups in total. The quantitative estimate of drug-likeness (QED) is 0.252. The van der Waals surface area contributed by atoms with Crippen LogP contribution in [0.15, 0.2) is 35.5 Å². The van der Waals surface area contributed by atoms with Crippen molar-refractivity contribution in [2.75, 3.05) is 0 Å². The summed E-state index contributed by atoms with van der Waals surface area (Å²) >= 11 is 0. The minimum absolute atomic E-state index is 0. The number of carbonyl (C=O) groups excluding carboxylic acids is 3. The molecule has 0 aliphatic heterocycles. The first-order valence-corrected chi connectivity index (χ1v) is 6.91. The molecule has 0 amide bonds. The van der Waals surface area contributed by atoms with Crippen LogP contribution < -0.4 is 15.3 Å². The average molecular weight is 486 g/mol. The predicted molar refractivity (Wildman–Crippen MR) is 80.2 cm³/mol. The second kappa shape index (κ2) is 14.5. The molecule has 0 spiro atoms. The fraction of sp³-hybridized carbons (Fsp3) is 0.400. The van der Waals surface area contributed by atoms with Gasteiger partial charge in [0.1, 0.15) is 0 Å². The number of carbonyl (C=O) groups is 3. The molecular formula is C15H12AlF9O6. The Bertz CT molecular complexity index is 606. The van der Waals surface area contributed by atoms with Gasteiger partial charge < -0.3 is 15.3 Å². The summed E-state index contributed by atoms with van der Waals surface area (Å²) in [6, 6.07) is 0. The minimum atomic E-state index is -4.92. The van der Waals surface area contributed by atoms with E-state index in [-0.39, 0.29) is 35.6 Å². The van der Waals surface area contributed by atoms with Gasteiger partial charge in [0.05, 0.1) is 0 Å². The third-order valence-electron chi connectivity index (χ3n) is 1.84. The maximum atomic E-state index is 11.3. The molecule has 0 aromatic carbocycles. The SMILES string of the molecule is CC(=O)/C=C(/[O-])C(F)(F)F.CC(=O)/C=C(/[O-])C(F)(F)F.CC(=O)/C=C(\[O-])C(F)(F)F.[Al+3]. The van der Waals surface area contributed by atoms with Gasteiger partial charge in [-0.15, -0.1) is 0 Å². The second-order valence-corrected chi connectivity index (χ2v) is 4.85. The van der Waals surface area contributed by atoms with Crippen LogP contribution in [-0.2, 0) is 14.4 Å². The fourth-order valence-electron chi connectivity index (χ4n) is 0.799. The van der Waals surface area contributed by atoms with Crippen LogP contribution in [0.25, 0.3) is 0 Å². The zero-order chi connectivity index (χ0) is 25.1. The van der Waals surface area contributed by atoms with Crippen molar-refractivity contribution in [3.63, 3.8) is 0 Å². The van der Waals surface area contributed by atoms with Gasteiger partial charge in [0.25, 0.3) is 0 Å². The normalized spacial score (nSPS) is 13.0. The van der Waals surface area contributed by atoms with Gasteiger partial charge in [-0.25, -0.2) is 0 Å². The Morgan fingerprint density at radius 3 is 0.677 bits per heavy atom. The molecule has 6 nitrogen and oxygen atoms in total. The molecule has 0 radical (unpaired) electrons. The standard InChI is InChI=1S/3C5H5F3O2.Al/c3*1-3(9)2-4(10)5(6,7)8;/h3*2,10H,1H3;/q;;;+3/p-3/b2*4-2+;4-2-;. The van der Waals surface area contributed by atoms with Crippen molar-refractivity contribution in [1.82, 2.24) is 0 Å². The van der Waals surface area contributed by atoms with Crippen LogP contribution in [-0.4, -0.2) is 53.2 Å². The van der Waals surface area contributed by atoms with Crippen molar-refractivity contribution in [3.8, 4) is 0 Å². The molecule has 0 aromatic rings. The Kier molecular flexibility index (Phi) is 16.8. The van der Waals surface area contributed by atoms with Gasteiger partial charge in [-0.2, -0.15) is 39.5 Å². The van der Waals surface area contributed by atoms with E-state index in [1.54, 1.807) is 0 Å². The number of ketones is 3. The van der Waals surface area contributed by atoms with Gasteiger partial charge in [0.2, 0.25) is 0 Å². The van der Waals surface area contributed by atoms with Crippen molar-refractivity contribution in [1.29, 1.82) is 0 Å². The summed E-state index contributed by atoms with van der Waals surface area (Å²) in [6.07, 6.45) is -14.7. The number of halogens is 9. The number of hydrogen-bond donors (Lipinski definition) is 0. The Labute approximate surface area is 179 Å². The van der Waals surface area contributed by atoms with E-state index in [0.717, 1.165) is 20.8 Å². The Morgan fingerprint density at radius 1 is 0.516 bits per heavy atom. The van der Waals surface area contributed by atoms with Gasteiger partial charge in [0.15, 0.2) is 17.3 Å². The molecule has 174 valence electrons. The molecule has 0 fully saturated rings. The van der Waals surface area contributed by atoms with E-state index >= 15 is 0 Å². The largest absolute Gasteiger partial charge is 3.00 e. The molecule has 0 saturated heterocycles. The number of hydrogen-bond acceptors (Lipinski definition) is 6. The van der Waals surface area contributed by atoms with Crippen LogP contribution >= 0.6 is 0 Å². The third kappa shape index (κ3) is 23.7. The summed E-state index contributed by atoms with van der Waals surface area (Å²) in [7, 11) is 0. The van der Waals surface area contributed by atoms with Crippen LogP contribution in [0.1, 0.15) is 20.8 Å². The molecule has 0 aromatic heterocycles. The first-order chi connectivity index (χ1) is 13.0. The zero-order valence-corrected chi connectivity index (χ0v) is 16.8. The molecule has 0 bridgehead atoms. The number of allylic oxidation sites excluding steroid dienone is 6. The molecule has 0 saturated carbocycles. The van der Waals surface area contributed by atoms with Crippen molar-refractivity contribution in [2.45, 2.75) is 39.3 Å². The topological polar surface area (TPSA) is 120 Å². The van der Waals surface area contributed by atoms with E-state index in [9.17, 15) is 69.2 Å². The first-order valence-electron chi connectivity index (χ1n) is 6.91. The summed E-state index contributed by atoms with van der Waals surface area (Å²) in [5.74, 6) is -9.04. The van der Waals surface area contributed by atoms with Crippen LogP contribution in [0.4, 0.5) is 39.5 Å². The summed E-state index contributed by atoms with van der Waals surface area (Å²) < 4.78 is 101. The van der Waals surface area contributed by atoms with Gasteiger partial charge in [-0.3, -0.25) is 14.4 Å². The van der Waals surface area contributed by atoms with Crippen molar-refractivity contribution >= 4 is 34.7 Å². The Balaban J connectivity index is -0.000000174. The van der Waals surface area contributed by atoms with Crippen LogP contribution in [0.3, 0.4) is 0 Å². The molecule has 0 rings (SSSR count). The fourth-order valence-corrected chi connectivity index (χ4v) is 0.799. The molecular weight excluding hydrogens is 474 g/mol. The molecule has 0 aliphatic rings.